The van der Waals surface area contributed by atoms with Crippen LogP contribution < -0.4 is 19.3 Å². The number of halogens is 2. The number of aromatic nitrogens is 1. The second-order valence-corrected chi connectivity index (χ2v) is 12.4. The number of rotatable bonds is 9. The lowest BCUT2D eigenvalue weighted by molar-refractivity contribution is -0.0660. The van der Waals surface area contributed by atoms with Gasteiger partial charge in [-0.05, 0) is 54.6 Å². The largest absolute Gasteiger partial charge is 0.497 e. The number of hydrogen-bond acceptors (Lipinski definition) is 10. The zero-order chi connectivity index (χ0) is 31.7. The van der Waals surface area contributed by atoms with Crippen molar-refractivity contribution in [1.82, 2.24) is 9.88 Å². The number of nitrogens with one attached hydrogen (secondary N) is 1. The monoisotopic (exact) mass is 699 g/mol. The van der Waals surface area contributed by atoms with Gasteiger partial charge in [0, 0.05) is 42.0 Å². The molecule has 3 aromatic carbocycles. The number of carbonyl (C=O) groups excluding carboxylic acids is 1. The van der Waals surface area contributed by atoms with Crippen LogP contribution in [0.4, 0.5) is 32.8 Å². The summed E-state index contributed by atoms with van der Waals surface area (Å²) in [5.41, 5.74) is 2.34. The Kier molecular flexibility index (Phi) is 9.08. The highest BCUT2D eigenvalue weighted by atomic mass is 79.9. The van der Waals surface area contributed by atoms with Gasteiger partial charge in [-0.1, -0.05) is 15.9 Å². The van der Waals surface area contributed by atoms with E-state index in [1.54, 1.807) is 42.5 Å². The number of methoxy groups -OCH3 is 2. The molecule has 0 amide bonds. The van der Waals surface area contributed by atoms with Gasteiger partial charge in [0.15, 0.2) is 0 Å². The molecule has 14 heteroatoms. The minimum atomic E-state index is -3.25. The molecule has 2 aliphatic heterocycles. The minimum Gasteiger partial charge on any atom is -0.497 e. The Labute approximate surface area is 269 Å². The van der Waals surface area contributed by atoms with Gasteiger partial charge in [0.2, 0.25) is 10.9 Å². The molecule has 0 saturated carbocycles. The smallest absolute Gasteiger partial charge is 0.337 e. The number of ether oxygens (including phenoxy) is 3. The summed E-state index contributed by atoms with van der Waals surface area (Å²) in [6.07, 6.45) is 1.38. The van der Waals surface area contributed by atoms with Crippen molar-refractivity contribution in [1.29, 1.82) is 0 Å². The first-order valence-electron chi connectivity index (χ1n) is 14.2. The number of carbonyl (C=O) groups is 1. The predicted molar refractivity (Wildman–Crippen MR) is 174 cm³/mol. The molecule has 0 unspecified atom stereocenters. The number of benzene rings is 3. The molecule has 0 aliphatic carbocycles. The molecule has 6 rings (SSSR count). The van der Waals surface area contributed by atoms with Gasteiger partial charge in [0.1, 0.15) is 11.6 Å². The van der Waals surface area contributed by atoms with Crippen molar-refractivity contribution < 1.29 is 31.8 Å². The van der Waals surface area contributed by atoms with Gasteiger partial charge in [0.25, 0.3) is 0 Å². The van der Waals surface area contributed by atoms with Gasteiger partial charge in [-0.2, -0.15) is 0 Å². The maximum absolute atomic E-state index is 15.7. The van der Waals surface area contributed by atoms with E-state index in [2.05, 4.69) is 36.0 Å². The first-order chi connectivity index (χ1) is 21.7. The van der Waals surface area contributed by atoms with Crippen LogP contribution in [0.1, 0.15) is 10.4 Å². The predicted octanol–water partition coefficient (Wildman–Crippen LogP) is 4.86. The minimum absolute atomic E-state index is 0.0763. The number of hydrogen-bond donors (Lipinski definition) is 2. The van der Waals surface area contributed by atoms with Gasteiger partial charge < -0.3 is 24.4 Å². The average Bonchev–Trinajstić information content (AvgIpc) is 3.01. The summed E-state index contributed by atoms with van der Waals surface area (Å²) in [4.78, 5) is 21.8. The Bertz CT molecular complexity index is 1800. The number of thiol groups is 1. The van der Waals surface area contributed by atoms with Crippen LogP contribution in [-0.2, 0) is 20.4 Å². The summed E-state index contributed by atoms with van der Waals surface area (Å²) in [6.45, 7) is 4.62. The van der Waals surface area contributed by atoms with Crippen LogP contribution >= 0.6 is 15.9 Å². The van der Waals surface area contributed by atoms with E-state index in [4.69, 9.17) is 14.2 Å². The number of nitrogens with zero attached hydrogens (tertiary/aromatic N) is 4. The van der Waals surface area contributed by atoms with Crippen LogP contribution in [0.2, 0.25) is 0 Å². The Hall–Kier alpha value is -3.98. The molecule has 0 radical (unpaired) electrons. The molecule has 2 fully saturated rings. The van der Waals surface area contributed by atoms with Crippen LogP contribution in [0.5, 0.6) is 5.75 Å². The van der Waals surface area contributed by atoms with Gasteiger partial charge in [-0.15, -0.1) is 0 Å². The van der Waals surface area contributed by atoms with E-state index >= 15 is 4.39 Å². The van der Waals surface area contributed by atoms with Crippen LogP contribution in [0.15, 0.2) is 65.3 Å². The third kappa shape index (κ3) is 6.41. The quantitative estimate of drug-likeness (QED) is 0.186. The fourth-order valence-corrected chi connectivity index (χ4v) is 6.66. The van der Waals surface area contributed by atoms with Crippen molar-refractivity contribution in [2.75, 3.05) is 68.1 Å². The highest BCUT2D eigenvalue weighted by Crippen LogP contribution is 2.41. The van der Waals surface area contributed by atoms with Gasteiger partial charge >= 0.3 is 5.97 Å². The number of piperazine rings is 1. The molecule has 1 aromatic heterocycles. The van der Waals surface area contributed by atoms with E-state index in [9.17, 15) is 13.2 Å². The molecule has 45 heavy (non-hydrogen) atoms. The van der Waals surface area contributed by atoms with E-state index in [0.29, 0.717) is 33.2 Å². The number of pyridine rings is 1. The van der Waals surface area contributed by atoms with E-state index in [1.807, 2.05) is 6.07 Å². The molecule has 11 nitrogen and oxygen atoms in total. The first kappa shape index (κ1) is 31.0. The fraction of sp³-hybridized carbons (Fsp3) is 0.290. The molecule has 0 spiro atoms. The van der Waals surface area contributed by atoms with Crippen molar-refractivity contribution in [3.8, 4) is 5.75 Å². The molecular weight excluding hydrogens is 669 g/mol. The molecule has 2 aliphatic rings. The van der Waals surface area contributed by atoms with Crippen molar-refractivity contribution >= 4 is 72.1 Å². The topological polar surface area (TPSA) is 114 Å². The van der Waals surface area contributed by atoms with Crippen molar-refractivity contribution in [2.45, 2.75) is 6.04 Å². The molecule has 1 N–H and O–H groups in total. The standard InChI is InChI=1S/C31H31BrFN5O6S/c1-42-25-5-3-22(4-6-25)38(45(40)41)28-16-34-27-14-20(32)13-26(33)29(27)30(28)35-21-11-19(31(39)43-2)12-23(15-21)36-7-9-37(10-8-36)24-17-44-18-24/h3-6,11-16,24,45H,7-10,17-18H2,1-2H3,(H,34,35). The summed E-state index contributed by atoms with van der Waals surface area (Å²) < 4.78 is 58.4. The Morgan fingerprint density at radius 3 is 2.42 bits per heavy atom. The average molecular weight is 701 g/mol. The van der Waals surface area contributed by atoms with E-state index < -0.39 is 22.7 Å². The first-order valence-corrected chi connectivity index (χ1v) is 16.1. The van der Waals surface area contributed by atoms with E-state index in [-0.39, 0.29) is 22.3 Å². The summed E-state index contributed by atoms with van der Waals surface area (Å²) in [5, 5.41) is 3.33. The summed E-state index contributed by atoms with van der Waals surface area (Å²) in [5.74, 6) is -0.616. The molecule has 4 aromatic rings. The van der Waals surface area contributed by atoms with E-state index in [0.717, 1.165) is 49.4 Å². The highest BCUT2D eigenvalue weighted by Gasteiger charge is 2.29. The summed E-state index contributed by atoms with van der Waals surface area (Å²) in [7, 11) is -0.433. The maximum Gasteiger partial charge on any atom is 0.337 e. The second kappa shape index (κ2) is 13.2. The van der Waals surface area contributed by atoms with Crippen LogP contribution in [-0.4, -0.2) is 83.9 Å². The lowest BCUT2D eigenvalue weighted by Crippen LogP contribution is -2.56. The Morgan fingerprint density at radius 1 is 1.07 bits per heavy atom. The third-order valence-corrected chi connectivity index (χ3v) is 9.23. The van der Waals surface area contributed by atoms with Gasteiger partial charge in [-0.25, -0.2) is 21.9 Å². The van der Waals surface area contributed by atoms with Crippen molar-refractivity contribution in [2.24, 2.45) is 0 Å². The normalized spacial score (nSPS) is 15.6. The van der Waals surface area contributed by atoms with Gasteiger partial charge in [0.05, 0.1) is 73.2 Å². The van der Waals surface area contributed by atoms with E-state index in [1.165, 1.54) is 26.5 Å². The Balaban J connectivity index is 1.45. The molecule has 3 heterocycles. The van der Waals surface area contributed by atoms with Crippen LogP contribution in [0.25, 0.3) is 10.9 Å². The van der Waals surface area contributed by atoms with Crippen LogP contribution in [0.3, 0.4) is 0 Å². The van der Waals surface area contributed by atoms with Crippen molar-refractivity contribution in [3.05, 3.63) is 76.6 Å². The van der Waals surface area contributed by atoms with Crippen molar-refractivity contribution in [3.63, 3.8) is 0 Å². The third-order valence-electron chi connectivity index (χ3n) is 8.00. The van der Waals surface area contributed by atoms with Gasteiger partial charge in [-0.3, -0.25) is 9.88 Å². The molecule has 236 valence electrons. The molecular formula is C31H31BrFN5O6S. The van der Waals surface area contributed by atoms with Crippen LogP contribution in [0, 0.1) is 5.82 Å². The molecule has 2 saturated heterocycles. The second-order valence-electron chi connectivity index (χ2n) is 10.6. The zero-order valence-corrected chi connectivity index (χ0v) is 27.0. The lowest BCUT2D eigenvalue weighted by atomic mass is 10.1. The number of anilines is 5. The lowest BCUT2D eigenvalue weighted by Gasteiger charge is -2.43. The summed E-state index contributed by atoms with van der Waals surface area (Å²) >= 11 is 3.32. The Morgan fingerprint density at radius 2 is 1.80 bits per heavy atom. The molecule has 0 atom stereocenters. The zero-order valence-electron chi connectivity index (χ0n) is 24.5. The fourth-order valence-electron chi connectivity index (χ4n) is 5.59. The highest BCUT2D eigenvalue weighted by molar-refractivity contribution is 9.10. The number of esters is 1. The SMILES string of the molecule is COC(=O)c1cc(Nc2c(N(c3ccc(OC)cc3)[SH](=O)=O)cnc3cc(Br)cc(F)c23)cc(N2CCN(C3COC3)CC2)c1. The number of fused-ring (bicyclic) bond motifs is 1. The molecule has 0 bridgehead atoms. The summed E-state index contributed by atoms with van der Waals surface area (Å²) in [6, 6.07) is 15.0. The maximum atomic E-state index is 15.7.